The van der Waals surface area contributed by atoms with Gasteiger partial charge in [-0.1, -0.05) is 42.5 Å². The van der Waals surface area contributed by atoms with Crippen molar-refractivity contribution in [3.05, 3.63) is 107 Å². The van der Waals surface area contributed by atoms with Gasteiger partial charge in [0.15, 0.2) is 11.5 Å². The fourth-order valence-corrected chi connectivity index (χ4v) is 5.92. The second-order valence-corrected chi connectivity index (χ2v) is 11.0. The topological polar surface area (TPSA) is 81.4 Å². The monoisotopic (exact) mass is 605 g/mol. The largest absolute Gasteiger partial charge is 0.493 e. The molecule has 2 heterocycles. The van der Waals surface area contributed by atoms with Gasteiger partial charge in [-0.2, -0.15) is 0 Å². The van der Waals surface area contributed by atoms with E-state index in [1.54, 1.807) is 26.2 Å². The van der Waals surface area contributed by atoms with Crippen molar-refractivity contribution in [2.24, 2.45) is 0 Å². The Hall–Kier alpha value is -3.72. The van der Waals surface area contributed by atoms with E-state index in [2.05, 4.69) is 22.5 Å². The minimum absolute atomic E-state index is 0.522. The van der Waals surface area contributed by atoms with Gasteiger partial charge in [-0.15, -0.1) is 0 Å². The zero-order valence-electron chi connectivity index (χ0n) is 25.8. The molecule has 0 atom stereocenters. The second kappa shape index (κ2) is 18.1. The molecule has 230 valence electrons. The first-order valence-corrected chi connectivity index (χ1v) is 15.1. The molecule has 1 N–H and O–H groups in total. The number of fused-ring (bicyclic) bond motifs is 1. The van der Waals surface area contributed by atoms with Crippen molar-refractivity contribution in [1.29, 1.82) is 0 Å². The number of ether oxygens (including phenoxy) is 3. The minimum Gasteiger partial charge on any atom is -0.493 e. The van der Waals surface area contributed by atoms with E-state index in [4.69, 9.17) is 23.7 Å². The predicted octanol–water partition coefficient (Wildman–Crippen LogP) is 7.03. The zero-order valence-corrected chi connectivity index (χ0v) is 26.6. The maximum atomic E-state index is 11.1. The summed E-state index contributed by atoms with van der Waals surface area (Å²) in [6.45, 7) is 6.26. The lowest BCUT2D eigenvalue weighted by molar-refractivity contribution is -0.107. The highest BCUT2D eigenvalue weighted by Gasteiger charge is 2.24. The molecule has 3 aromatic carbocycles. The molecule has 0 aliphatic carbocycles. The maximum absolute atomic E-state index is 11.1. The van der Waals surface area contributed by atoms with Crippen LogP contribution in [-0.2, 0) is 30.6 Å². The van der Waals surface area contributed by atoms with Crippen LogP contribution in [0.5, 0.6) is 17.2 Å². The van der Waals surface area contributed by atoms with Crippen molar-refractivity contribution in [1.82, 2.24) is 4.31 Å². The first-order valence-electron chi connectivity index (χ1n) is 14.4. The third-order valence-electron chi connectivity index (χ3n) is 6.99. The number of aliphatic hydroxyl groups excluding tert-OH is 1. The van der Waals surface area contributed by atoms with Crippen LogP contribution in [0.2, 0.25) is 0 Å². The van der Waals surface area contributed by atoms with Gasteiger partial charge >= 0.3 is 0 Å². The summed E-state index contributed by atoms with van der Waals surface area (Å²) in [5, 5.41) is 7.00. The highest BCUT2D eigenvalue weighted by atomic mass is 32.2. The molecule has 0 amide bonds. The number of hydrogen-bond donors (Lipinski definition) is 1. The first kappa shape index (κ1) is 33.8. The molecule has 1 aliphatic heterocycles. The summed E-state index contributed by atoms with van der Waals surface area (Å²) in [5.74, 6) is 4.28. The number of aryl methyl sites for hydroxylation is 3. The number of carbonyl (C=O) groups is 1. The number of nitrogens with zero attached hydrogens (tertiary/aromatic N) is 1. The normalized spacial score (nSPS) is 12.1. The Morgan fingerprint density at radius 3 is 2.14 bits per heavy atom. The average Bonchev–Trinajstić information content (AvgIpc) is 3.38. The van der Waals surface area contributed by atoms with Crippen LogP contribution in [0.4, 0.5) is 0 Å². The summed E-state index contributed by atoms with van der Waals surface area (Å²) >= 11 is 1.71. The Morgan fingerprint density at radius 2 is 1.53 bits per heavy atom. The Morgan fingerprint density at radius 1 is 0.860 bits per heavy atom. The van der Waals surface area contributed by atoms with Crippen LogP contribution in [-0.4, -0.2) is 50.2 Å². The molecular formula is C35H43NO6S. The SMILES string of the molecule is CO.COc1ccc(SN2CCc3c(OCCc4cc(C)oc4C)ccc(CCC=O)c3C2)cc1OC.c1ccccc1. The lowest BCUT2D eigenvalue weighted by Crippen LogP contribution is -2.26. The number of carbonyl (C=O) groups excluding carboxylic acids is 1. The van der Waals surface area contributed by atoms with Gasteiger partial charge < -0.3 is 28.5 Å². The number of hydrogen-bond acceptors (Lipinski definition) is 8. The first-order chi connectivity index (χ1) is 21.0. The molecule has 5 rings (SSSR count). The fraction of sp³-hybridized carbons (Fsp3) is 0.343. The molecule has 0 bridgehead atoms. The number of aldehydes is 1. The van der Waals surface area contributed by atoms with E-state index >= 15 is 0 Å². The fourth-order valence-electron chi connectivity index (χ4n) is 4.95. The van der Waals surface area contributed by atoms with Crippen molar-refractivity contribution in [2.45, 2.75) is 51.0 Å². The van der Waals surface area contributed by atoms with Gasteiger partial charge in [0.2, 0.25) is 0 Å². The molecular weight excluding hydrogens is 562 g/mol. The van der Waals surface area contributed by atoms with E-state index < -0.39 is 0 Å². The molecule has 0 unspecified atom stereocenters. The molecule has 0 spiro atoms. The van der Waals surface area contributed by atoms with Crippen LogP contribution in [0.25, 0.3) is 0 Å². The van der Waals surface area contributed by atoms with Gasteiger partial charge in [-0.3, -0.25) is 0 Å². The second-order valence-electron chi connectivity index (χ2n) is 9.80. The quantitative estimate of drug-likeness (QED) is 0.144. The van der Waals surface area contributed by atoms with E-state index in [1.807, 2.05) is 68.4 Å². The minimum atomic E-state index is 0.522. The molecule has 7 nitrogen and oxygen atoms in total. The molecule has 8 heteroatoms. The number of furan rings is 1. The van der Waals surface area contributed by atoms with Gasteiger partial charge in [-0.05, 0) is 85.7 Å². The lowest BCUT2D eigenvalue weighted by Gasteiger charge is -2.30. The summed E-state index contributed by atoms with van der Waals surface area (Å²) in [4.78, 5) is 12.2. The Bertz CT molecular complexity index is 1380. The van der Waals surface area contributed by atoms with Gasteiger partial charge in [0, 0.05) is 43.5 Å². The van der Waals surface area contributed by atoms with E-state index in [0.717, 1.165) is 79.4 Å². The van der Waals surface area contributed by atoms with E-state index in [1.165, 1.54) is 22.3 Å². The van der Waals surface area contributed by atoms with Gasteiger partial charge in [-0.25, -0.2) is 4.31 Å². The van der Waals surface area contributed by atoms with Crippen LogP contribution in [0.1, 0.15) is 40.2 Å². The van der Waals surface area contributed by atoms with Crippen LogP contribution >= 0.6 is 11.9 Å². The highest BCUT2D eigenvalue weighted by Crippen LogP contribution is 2.38. The van der Waals surface area contributed by atoms with Crippen molar-refractivity contribution < 1.29 is 28.5 Å². The number of aliphatic hydroxyl groups is 1. The Balaban J connectivity index is 0.000000555. The smallest absolute Gasteiger partial charge is 0.161 e. The number of methoxy groups -OCH3 is 2. The van der Waals surface area contributed by atoms with Crippen LogP contribution in [0.15, 0.2) is 82.1 Å². The van der Waals surface area contributed by atoms with Gasteiger partial charge in [0.1, 0.15) is 23.6 Å². The summed E-state index contributed by atoms with van der Waals surface area (Å²) in [6, 6.07) is 24.3. The number of rotatable bonds is 11. The molecule has 0 saturated heterocycles. The van der Waals surface area contributed by atoms with Gasteiger partial charge in [0.05, 0.1) is 20.8 Å². The summed E-state index contributed by atoms with van der Waals surface area (Å²) in [5.41, 5.74) is 4.95. The standard InChI is InChI=1S/C28H33NO5S.C6H6.CH4O/c1-19-16-22(20(2)34-19)12-15-33-26-9-7-21(6-5-14-30)25-18-29(13-11-24(25)26)35-23-8-10-27(31-3)28(17-23)32-4;1-2-4-6-5-3-1;1-2/h7-10,14,16-17H,5-6,11-13,15,18H2,1-4H3;1-6H;2H,1H3. The van der Waals surface area contributed by atoms with E-state index in [9.17, 15) is 4.79 Å². The molecule has 0 radical (unpaired) electrons. The zero-order chi connectivity index (χ0) is 31.0. The average molecular weight is 606 g/mol. The summed E-state index contributed by atoms with van der Waals surface area (Å²) in [6.07, 6.45) is 3.96. The molecule has 1 aromatic heterocycles. The van der Waals surface area contributed by atoms with Gasteiger partial charge in [0.25, 0.3) is 0 Å². The maximum Gasteiger partial charge on any atom is 0.161 e. The van der Waals surface area contributed by atoms with Crippen molar-refractivity contribution >= 4 is 18.2 Å². The van der Waals surface area contributed by atoms with E-state index in [-0.39, 0.29) is 0 Å². The highest BCUT2D eigenvalue weighted by molar-refractivity contribution is 7.97. The molecule has 1 aliphatic rings. The molecule has 0 saturated carbocycles. The molecule has 0 fully saturated rings. The Kier molecular flexibility index (Phi) is 14.2. The van der Waals surface area contributed by atoms with Crippen LogP contribution in [0.3, 0.4) is 0 Å². The van der Waals surface area contributed by atoms with Crippen molar-refractivity contribution in [2.75, 3.05) is 34.5 Å². The summed E-state index contributed by atoms with van der Waals surface area (Å²) < 4.78 is 25.1. The third-order valence-corrected chi connectivity index (χ3v) is 8.03. The third kappa shape index (κ3) is 9.92. The van der Waals surface area contributed by atoms with Crippen molar-refractivity contribution in [3.63, 3.8) is 0 Å². The predicted molar refractivity (Wildman–Crippen MR) is 172 cm³/mol. The summed E-state index contributed by atoms with van der Waals surface area (Å²) in [7, 11) is 4.30. The van der Waals surface area contributed by atoms with Crippen LogP contribution < -0.4 is 14.2 Å². The van der Waals surface area contributed by atoms with E-state index in [0.29, 0.717) is 13.0 Å². The Labute approximate surface area is 259 Å². The lowest BCUT2D eigenvalue weighted by atomic mass is 9.92. The molecule has 4 aromatic rings. The van der Waals surface area contributed by atoms with Crippen LogP contribution in [0, 0.1) is 13.8 Å². The van der Waals surface area contributed by atoms with Crippen molar-refractivity contribution in [3.8, 4) is 17.2 Å². The number of benzene rings is 3. The molecule has 43 heavy (non-hydrogen) atoms.